The van der Waals surface area contributed by atoms with Gasteiger partial charge in [-0.2, -0.15) is 0 Å². The number of hydrogen-bond acceptors (Lipinski definition) is 2. The van der Waals surface area contributed by atoms with Crippen LogP contribution in [0.5, 0.6) is 0 Å². The molecule has 3 N–H and O–H groups in total. The van der Waals surface area contributed by atoms with Gasteiger partial charge in [0, 0.05) is 35.8 Å². The lowest BCUT2D eigenvalue weighted by atomic mass is 10.0. The summed E-state index contributed by atoms with van der Waals surface area (Å²) >= 11 is 6.29. The molecule has 7 heteroatoms. The maximum atomic E-state index is 14.1. The number of carbonyl (C=O) groups is 2. The summed E-state index contributed by atoms with van der Waals surface area (Å²) in [7, 11) is 1.59. The molecule has 168 valence electrons. The lowest BCUT2D eigenvalue weighted by Crippen LogP contribution is -2.25. The molecule has 1 aromatic heterocycles. The molecule has 0 radical (unpaired) electrons. The lowest BCUT2D eigenvalue weighted by molar-refractivity contribution is 0.0949. The van der Waals surface area contributed by atoms with E-state index in [0.29, 0.717) is 40.0 Å². The van der Waals surface area contributed by atoms with E-state index < -0.39 is 0 Å². The number of halogens is 2. The van der Waals surface area contributed by atoms with Gasteiger partial charge in [-0.3, -0.25) is 9.59 Å². The van der Waals surface area contributed by atoms with Crippen molar-refractivity contribution in [2.45, 2.75) is 13.3 Å². The van der Waals surface area contributed by atoms with Gasteiger partial charge in [-0.25, -0.2) is 4.39 Å². The van der Waals surface area contributed by atoms with Crippen LogP contribution in [0.15, 0.2) is 60.7 Å². The number of rotatable bonds is 6. The molecule has 0 saturated heterocycles. The molecule has 0 aliphatic carbocycles. The van der Waals surface area contributed by atoms with E-state index in [1.807, 2.05) is 37.3 Å². The summed E-state index contributed by atoms with van der Waals surface area (Å²) in [6.45, 7) is 2.25. The van der Waals surface area contributed by atoms with Crippen molar-refractivity contribution in [3.63, 3.8) is 0 Å². The Morgan fingerprint density at radius 2 is 1.73 bits per heavy atom. The van der Waals surface area contributed by atoms with Crippen LogP contribution in [0.25, 0.3) is 22.0 Å². The second kappa shape index (κ2) is 9.46. The molecule has 0 aliphatic rings. The molecule has 0 unspecified atom stereocenters. The summed E-state index contributed by atoms with van der Waals surface area (Å²) in [6.07, 6.45) is 0.519. The molecule has 0 atom stereocenters. The SMILES string of the molecule is CNC(=O)c1cccc(-c2ccc(C(=O)NCCc3c(C)[nH]c4c(F)ccc(Cl)c34)cc2)c1. The lowest BCUT2D eigenvalue weighted by Gasteiger charge is -2.08. The Morgan fingerprint density at radius 3 is 2.45 bits per heavy atom. The highest BCUT2D eigenvalue weighted by atomic mass is 35.5. The zero-order valence-corrected chi connectivity index (χ0v) is 19.0. The first-order valence-electron chi connectivity index (χ1n) is 10.5. The predicted molar refractivity (Wildman–Crippen MR) is 129 cm³/mol. The van der Waals surface area contributed by atoms with Gasteiger partial charge in [0.25, 0.3) is 11.8 Å². The van der Waals surface area contributed by atoms with Gasteiger partial charge < -0.3 is 15.6 Å². The Kier molecular flexibility index (Phi) is 6.47. The minimum absolute atomic E-state index is 0.151. The highest BCUT2D eigenvalue weighted by molar-refractivity contribution is 6.35. The number of benzene rings is 3. The summed E-state index contributed by atoms with van der Waals surface area (Å²) in [5.74, 6) is -0.702. The van der Waals surface area contributed by atoms with Crippen molar-refractivity contribution in [1.82, 2.24) is 15.6 Å². The summed E-state index contributed by atoms with van der Waals surface area (Å²) in [5.41, 5.74) is 5.00. The van der Waals surface area contributed by atoms with Crippen LogP contribution >= 0.6 is 11.6 Å². The third-order valence-corrected chi connectivity index (χ3v) is 5.98. The second-order valence-electron chi connectivity index (χ2n) is 7.75. The molecule has 1 heterocycles. The molecule has 0 bridgehead atoms. The first kappa shape index (κ1) is 22.6. The van der Waals surface area contributed by atoms with E-state index in [9.17, 15) is 14.0 Å². The van der Waals surface area contributed by atoms with Crippen molar-refractivity contribution in [3.05, 3.63) is 93.9 Å². The van der Waals surface area contributed by atoms with E-state index in [4.69, 9.17) is 11.6 Å². The Morgan fingerprint density at radius 1 is 0.970 bits per heavy atom. The zero-order valence-electron chi connectivity index (χ0n) is 18.3. The minimum atomic E-state index is -0.353. The highest BCUT2D eigenvalue weighted by Gasteiger charge is 2.15. The van der Waals surface area contributed by atoms with E-state index >= 15 is 0 Å². The number of aromatic nitrogens is 1. The van der Waals surface area contributed by atoms with Crippen LogP contribution in [-0.2, 0) is 6.42 Å². The summed E-state index contributed by atoms with van der Waals surface area (Å²) in [6, 6.07) is 17.4. The standard InChI is InChI=1S/C26H23ClFN3O2/c1-15-20(23-21(27)10-11-22(28)24(23)31-15)12-13-30-26(33)17-8-6-16(7-9-17)18-4-3-5-19(14-18)25(32)29-2/h3-11,14,31H,12-13H2,1-2H3,(H,29,32)(H,30,33). The molecule has 0 fully saturated rings. The number of H-pyrrole nitrogens is 1. The molecular weight excluding hydrogens is 441 g/mol. The molecule has 5 nitrogen and oxygen atoms in total. The largest absolute Gasteiger partial charge is 0.356 e. The summed E-state index contributed by atoms with van der Waals surface area (Å²) in [4.78, 5) is 27.5. The number of aryl methyl sites for hydroxylation is 1. The predicted octanol–water partition coefficient (Wildman–Crippen LogP) is 5.27. The number of carbonyl (C=O) groups excluding carboxylic acids is 2. The van der Waals surface area contributed by atoms with Crippen molar-refractivity contribution in [2.75, 3.05) is 13.6 Å². The van der Waals surface area contributed by atoms with Gasteiger partial charge in [0.05, 0.1) is 10.5 Å². The van der Waals surface area contributed by atoms with Crippen LogP contribution in [0, 0.1) is 12.7 Å². The molecule has 0 aliphatic heterocycles. The molecule has 0 saturated carbocycles. The minimum Gasteiger partial charge on any atom is -0.356 e. The van der Waals surface area contributed by atoms with Crippen LogP contribution in [0.2, 0.25) is 5.02 Å². The number of nitrogens with one attached hydrogen (secondary N) is 3. The van der Waals surface area contributed by atoms with Crippen LogP contribution in [0.4, 0.5) is 4.39 Å². The van der Waals surface area contributed by atoms with E-state index in [1.54, 1.807) is 31.3 Å². The average molecular weight is 464 g/mol. The van der Waals surface area contributed by atoms with Crippen molar-refractivity contribution in [1.29, 1.82) is 0 Å². The van der Waals surface area contributed by atoms with Gasteiger partial charge in [-0.15, -0.1) is 0 Å². The van der Waals surface area contributed by atoms with E-state index in [1.165, 1.54) is 6.07 Å². The fourth-order valence-corrected chi connectivity index (χ4v) is 4.21. The number of hydrogen-bond donors (Lipinski definition) is 3. The maximum absolute atomic E-state index is 14.1. The number of fused-ring (bicyclic) bond motifs is 1. The zero-order chi connectivity index (χ0) is 23.5. The molecule has 33 heavy (non-hydrogen) atoms. The van der Waals surface area contributed by atoms with Crippen LogP contribution in [0.1, 0.15) is 32.0 Å². The summed E-state index contributed by atoms with van der Waals surface area (Å²) < 4.78 is 14.1. The Hall–Kier alpha value is -3.64. The molecule has 4 rings (SSSR count). The van der Waals surface area contributed by atoms with Gasteiger partial charge in [0.15, 0.2) is 0 Å². The van der Waals surface area contributed by atoms with Crippen molar-refractivity contribution in [3.8, 4) is 11.1 Å². The first-order valence-corrected chi connectivity index (χ1v) is 10.9. The second-order valence-corrected chi connectivity index (χ2v) is 8.16. The van der Waals surface area contributed by atoms with Crippen LogP contribution in [0.3, 0.4) is 0 Å². The molecule has 0 spiro atoms. The van der Waals surface area contributed by atoms with Gasteiger partial charge in [-0.1, -0.05) is 35.9 Å². The quantitative estimate of drug-likeness (QED) is 0.364. The maximum Gasteiger partial charge on any atom is 0.251 e. The van der Waals surface area contributed by atoms with Crippen molar-refractivity contribution < 1.29 is 14.0 Å². The number of aromatic amines is 1. The van der Waals surface area contributed by atoms with Gasteiger partial charge in [0.1, 0.15) is 5.82 Å². The highest BCUT2D eigenvalue weighted by Crippen LogP contribution is 2.31. The monoisotopic (exact) mass is 463 g/mol. The van der Waals surface area contributed by atoms with Crippen molar-refractivity contribution in [2.24, 2.45) is 0 Å². The van der Waals surface area contributed by atoms with E-state index in [0.717, 1.165) is 22.4 Å². The smallest absolute Gasteiger partial charge is 0.251 e. The molecule has 4 aromatic rings. The van der Waals surface area contributed by atoms with E-state index in [2.05, 4.69) is 15.6 Å². The third-order valence-electron chi connectivity index (χ3n) is 5.66. The first-order chi connectivity index (χ1) is 15.9. The van der Waals surface area contributed by atoms with Gasteiger partial charge in [-0.05, 0) is 66.4 Å². The molecular formula is C26H23ClFN3O2. The van der Waals surface area contributed by atoms with Gasteiger partial charge in [0.2, 0.25) is 0 Å². The average Bonchev–Trinajstić information content (AvgIpc) is 3.18. The number of amides is 2. The Bertz CT molecular complexity index is 1350. The Labute approximate surface area is 196 Å². The van der Waals surface area contributed by atoms with Crippen LogP contribution < -0.4 is 10.6 Å². The fraction of sp³-hybridized carbons (Fsp3) is 0.154. The Balaban J connectivity index is 1.43. The molecule has 2 amide bonds. The van der Waals surface area contributed by atoms with Gasteiger partial charge >= 0.3 is 0 Å². The normalized spacial score (nSPS) is 10.9. The third kappa shape index (κ3) is 4.61. The van der Waals surface area contributed by atoms with Crippen LogP contribution in [-0.4, -0.2) is 30.4 Å². The van der Waals surface area contributed by atoms with Crippen molar-refractivity contribution >= 4 is 34.3 Å². The summed E-state index contributed by atoms with van der Waals surface area (Å²) in [5, 5.41) is 6.66. The topological polar surface area (TPSA) is 74.0 Å². The molecule has 3 aromatic carbocycles. The fourth-order valence-electron chi connectivity index (χ4n) is 3.93. The van der Waals surface area contributed by atoms with E-state index in [-0.39, 0.29) is 17.6 Å².